The molecule has 1 spiro atoms. The van der Waals surface area contributed by atoms with Crippen LogP contribution in [0.2, 0.25) is 0 Å². The van der Waals surface area contributed by atoms with Gasteiger partial charge in [0.15, 0.2) is 9.84 Å². The summed E-state index contributed by atoms with van der Waals surface area (Å²) in [6, 6.07) is 9.69. The number of sulfone groups is 1. The molecule has 3 aliphatic rings. The minimum Gasteiger partial charge on any atom is -0.224 e. The van der Waals surface area contributed by atoms with Crippen LogP contribution in [0.4, 0.5) is 0 Å². The fourth-order valence-corrected chi connectivity index (χ4v) is 7.65. The van der Waals surface area contributed by atoms with Crippen LogP contribution in [-0.4, -0.2) is 14.2 Å². The normalized spacial score (nSPS) is 36.4. The van der Waals surface area contributed by atoms with Gasteiger partial charge >= 0.3 is 0 Å². The van der Waals surface area contributed by atoms with Crippen molar-refractivity contribution < 1.29 is 8.42 Å². The molecule has 2 fully saturated rings. The van der Waals surface area contributed by atoms with E-state index >= 15 is 0 Å². The van der Waals surface area contributed by atoms with E-state index in [9.17, 15) is 8.42 Å². The van der Waals surface area contributed by atoms with Gasteiger partial charge in [-0.2, -0.15) is 0 Å². The number of benzene rings is 1. The monoisotopic (exact) mass is 288 g/mol. The Labute approximate surface area is 120 Å². The lowest BCUT2D eigenvalue weighted by atomic mass is 9.69. The third kappa shape index (κ3) is 1.28. The zero-order valence-corrected chi connectivity index (χ0v) is 12.8. The molecule has 0 aromatic heterocycles. The molecule has 1 aromatic rings. The van der Waals surface area contributed by atoms with E-state index in [1.54, 1.807) is 0 Å². The highest BCUT2D eigenvalue weighted by Crippen LogP contribution is 2.72. The fourth-order valence-electron chi connectivity index (χ4n) is 5.02. The van der Waals surface area contributed by atoms with E-state index in [0.717, 1.165) is 18.4 Å². The third-order valence-electron chi connectivity index (χ3n) is 6.26. The maximum Gasteiger partial charge on any atom is 0.179 e. The van der Waals surface area contributed by atoms with Crippen LogP contribution in [0.25, 0.3) is 4.91 Å². The maximum atomic E-state index is 12.8. The molecule has 2 atom stereocenters. The highest BCUT2D eigenvalue weighted by molar-refractivity contribution is 8.01. The molecule has 20 heavy (non-hydrogen) atoms. The highest BCUT2D eigenvalue weighted by atomic mass is 32.2. The van der Waals surface area contributed by atoms with Gasteiger partial charge in [0.1, 0.15) is 0 Å². The molecule has 1 aromatic carbocycles. The number of rotatable bonds is 1. The molecule has 2 aliphatic carbocycles. The Hall–Kier alpha value is -1.09. The maximum absolute atomic E-state index is 12.8. The van der Waals surface area contributed by atoms with Gasteiger partial charge in [0.25, 0.3) is 0 Å². The van der Waals surface area contributed by atoms with Gasteiger partial charge in [-0.05, 0) is 41.7 Å². The van der Waals surface area contributed by atoms with E-state index in [1.807, 2.05) is 30.3 Å². The summed E-state index contributed by atoms with van der Waals surface area (Å²) in [7, 11) is -3.13. The van der Waals surface area contributed by atoms with Gasteiger partial charge in [0, 0.05) is 5.41 Å². The molecule has 2 unspecified atom stereocenters. The Kier molecular flexibility index (Phi) is 2.25. The molecule has 0 amide bonds. The summed E-state index contributed by atoms with van der Waals surface area (Å²) in [6.45, 7) is 4.56. The van der Waals surface area contributed by atoms with Gasteiger partial charge in [-0.15, -0.1) is 0 Å². The van der Waals surface area contributed by atoms with Gasteiger partial charge in [-0.1, -0.05) is 44.2 Å². The SMILES string of the molecule is CC1(C)C2CCC13CS(=O)(=O)C(c1ccccc1)=C3C2. The van der Waals surface area contributed by atoms with Gasteiger partial charge in [0.05, 0.1) is 10.7 Å². The van der Waals surface area contributed by atoms with Crippen LogP contribution in [0.3, 0.4) is 0 Å². The number of hydrogen-bond acceptors (Lipinski definition) is 2. The van der Waals surface area contributed by atoms with Crippen LogP contribution < -0.4 is 0 Å². The van der Waals surface area contributed by atoms with Gasteiger partial charge < -0.3 is 0 Å². The van der Waals surface area contributed by atoms with Crippen LogP contribution in [-0.2, 0) is 9.84 Å². The van der Waals surface area contributed by atoms with Crippen LogP contribution in [0, 0.1) is 16.7 Å². The summed E-state index contributed by atoms with van der Waals surface area (Å²) in [5, 5.41) is 0. The topological polar surface area (TPSA) is 34.1 Å². The van der Waals surface area contributed by atoms with Crippen molar-refractivity contribution in [3.8, 4) is 0 Å². The van der Waals surface area contributed by atoms with E-state index in [1.165, 1.54) is 12.0 Å². The third-order valence-corrected chi connectivity index (χ3v) is 8.24. The van der Waals surface area contributed by atoms with Crippen molar-refractivity contribution in [3.63, 3.8) is 0 Å². The molecule has 2 bridgehead atoms. The van der Waals surface area contributed by atoms with E-state index in [0.29, 0.717) is 16.6 Å². The van der Waals surface area contributed by atoms with Crippen LogP contribution in [0.15, 0.2) is 35.9 Å². The molecule has 2 nitrogen and oxygen atoms in total. The Balaban J connectivity index is 2.01. The molecule has 1 heterocycles. The Bertz CT molecular complexity index is 713. The first-order valence-electron chi connectivity index (χ1n) is 7.40. The van der Waals surface area contributed by atoms with Crippen molar-refractivity contribution in [3.05, 3.63) is 41.5 Å². The largest absolute Gasteiger partial charge is 0.224 e. The van der Waals surface area contributed by atoms with Crippen LogP contribution in [0.5, 0.6) is 0 Å². The summed E-state index contributed by atoms with van der Waals surface area (Å²) < 4.78 is 25.6. The quantitative estimate of drug-likeness (QED) is 0.790. The molecule has 0 saturated heterocycles. The summed E-state index contributed by atoms with van der Waals surface area (Å²) in [4.78, 5) is 0.661. The number of hydrogen-bond donors (Lipinski definition) is 0. The summed E-state index contributed by atoms with van der Waals surface area (Å²) in [6.07, 6.45) is 3.22. The molecule has 4 rings (SSSR count). The summed E-state index contributed by atoms with van der Waals surface area (Å²) in [5.74, 6) is 0.995. The van der Waals surface area contributed by atoms with E-state index in [-0.39, 0.29) is 10.8 Å². The van der Waals surface area contributed by atoms with Gasteiger partial charge in [-0.3, -0.25) is 0 Å². The average Bonchev–Trinajstić information content (AvgIpc) is 2.86. The summed E-state index contributed by atoms with van der Waals surface area (Å²) >= 11 is 0. The first kappa shape index (κ1) is 12.6. The average molecular weight is 288 g/mol. The van der Waals surface area contributed by atoms with Gasteiger partial charge in [0.2, 0.25) is 0 Å². The molecule has 1 aliphatic heterocycles. The fraction of sp³-hybridized carbons (Fsp3) is 0.529. The first-order valence-corrected chi connectivity index (χ1v) is 9.05. The first-order chi connectivity index (χ1) is 9.38. The minimum absolute atomic E-state index is 0.0817. The van der Waals surface area contributed by atoms with Crippen molar-refractivity contribution >= 4 is 14.7 Å². The van der Waals surface area contributed by atoms with Crippen molar-refractivity contribution in [2.75, 3.05) is 5.75 Å². The van der Waals surface area contributed by atoms with Crippen LogP contribution in [0.1, 0.15) is 38.7 Å². The van der Waals surface area contributed by atoms with E-state index in [2.05, 4.69) is 13.8 Å². The Morgan fingerprint density at radius 3 is 2.50 bits per heavy atom. The number of fused-ring (bicyclic) bond motifs is 1. The predicted molar refractivity (Wildman–Crippen MR) is 80.7 cm³/mol. The highest BCUT2D eigenvalue weighted by Gasteiger charge is 2.67. The van der Waals surface area contributed by atoms with E-state index in [4.69, 9.17) is 0 Å². The Morgan fingerprint density at radius 1 is 1.15 bits per heavy atom. The second-order valence-electron chi connectivity index (χ2n) is 7.18. The summed E-state index contributed by atoms with van der Waals surface area (Å²) in [5.41, 5.74) is 2.18. The molecule has 0 radical (unpaired) electrons. The molecule has 106 valence electrons. The zero-order valence-electron chi connectivity index (χ0n) is 12.0. The van der Waals surface area contributed by atoms with Crippen molar-refractivity contribution in [1.82, 2.24) is 0 Å². The van der Waals surface area contributed by atoms with Crippen LogP contribution >= 0.6 is 0 Å². The Morgan fingerprint density at radius 2 is 1.85 bits per heavy atom. The molecule has 0 N–H and O–H groups in total. The molecule has 2 saturated carbocycles. The minimum atomic E-state index is -3.13. The van der Waals surface area contributed by atoms with E-state index < -0.39 is 9.84 Å². The molecule has 3 heteroatoms. The number of allylic oxidation sites excluding steroid dienone is 1. The molecular formula is C17H20O2S. The lowest BCUT2D eigenvalue weighted by molar-refractivity contribution is 0.184. The molecular weight excluding hydrogens is 268 g/mol. The van der Waals surface area contributed by atoms with Crippen molar-refractivity contribution in [2.45, 2.75) is 33.1 Å². The van der Waals surface area contributed by atoms with Crippen molar-refractivity contribution in [1.29, 1.82) is 0 Å². The zero-order chi connectivity index (χ0) is 14.2. The standard InChI is InChI=1S/C17H20O2S/c1-16(2)13-8-9-17(16)11-20(18,19)15(14(17)10-13)12-6-4-3-5-7-12/h3-7,13H,8-11H2,1-2H3. The lowest BCUT2D eigenvalue weighted by Crippen LogP contribution is -2.34. The smallest absolute Gasteiger partial charge is 0.179 e. The van der Waals surface area contributed by atoms with Gasteiger partial charge in [-0.25, -0.2) is 8.42 Å². The van der Waals surface area contributed by atoms with Crippen molar-refractivity contribution in [2.24, 2.45) is 16.7 Å². The second-order valence-corrected chi connectivity index (χ2v) is 9.10. The predicted octanol–water partition coefficient (Wildman–Crippen LogP) is 3.65. The second kappa shape index (κ2) is 3.56. The lowest BCUT2D eigenvalue weighted by Gasteiger charge is -2.35.